The Bertz CT molecular complexity index is 1130. The summed E-state index contributed by atoms with van der Waals surface area (Å²) in [5.41, 5.74) is 0.830. The first-order valence-corrected chi connectivity index (χ1v) is 10.3. The van der Waals surface area contributed by atoms with Crippen LogP contribution in [0.4, 0.5) is 8.78 Å². The number of hydrogen-bond acceptors (Lipinski definition) is 5. The van der Waals surface area contributed by atoms with Crippen molar-refractivity contribution >= 4 is 41.9 Å². The number of hydrogen-bond donors (Lipinski definition) is 2. The van der Waals surface area contributed by atoms with E-state index in [0.29, 0.717) is 10.0 Å². The van der Waals surface area contributed by atoms with Gasteiger partial charge in [-0.25, -0.2) is 22.3 Å². The molecule has 0 saturated carbocycles. The first-order valence-electron chi connectivity index (χ1n) is 7.20. The van der Waals surface area contributed by atoms with E-state index in [1.807, 2.05) is 0 Å². The second-order valence-corrected chi connectivity index (χ2v) is 8.64. The molecule has 0 bridgehead atoms. The zero-order valence-corrected chi connectivity index (χ0v) is 17.2. The molecule has 0 spiro atoms. The van der Waals surface area contributed by atoms with Gasteiger partial charge in [-0.2, -0.15) is 0 Å². The summed E-state index contributed by atoms with van der Waals surface area (Å²) in [6.07, 6.45) is 0. The van der Waals surface area contributed by atoms with Gasteiger partial charge in [0.15, 0.2) is 10.7 Å². The van der Waals surface area contributed by atoms with Crippen LogP contribution in [0, 0.1) is 11.6 Å². The molecule has 0 aliphatic heterocycles. The van der Waals surface area contributed by atoms with Gasteiger partial charge in [-0.1, -0.05) is 11.2 Å². The second kappa shape index (κ2) is 7.40. The van der Waals surface area contributed by atoms with Crippen molar-refractivity contribution in [3.63, 3.8) is 0 Å². The van der Waals surface area contributed by atoms with Crippen molar-refractivity contribution in [1.82, 2.24) is 5.16 Å². The molecule has 142 valence electrons. The third-order valence-corrected chi connectivity index (χ3v) is 6.51. The van der Waals surface area contributed by atoms with Gasteiger partial charge < -0.3 is 9.63 Å². The van der Waals surface area contributed by atoms with Crippen LogP contribution >= 0.6 is 31.9 Å². The molecule has 0 fully saturated rings. The zero-order chi connectivity index (χ0) is 19.9. The fourth-order valence-electron chi connectivity index (χ4n) is 2.55. The average molecular weight is 524 g/mol. The van der Waals surface area contributed by atoms with E-state index in [1.165, 1.54) is 0 Å². The lowest BCUT2D eigenvalue weighted by Gasteiger charge is -2.08. The van der Waals surface area contributed by atoms with Gasteiger partial charge in [-0.3, -0.25) is 0 Å². The van der Waals surface area contributed by atoms with E-state index in [9.17, 15) is 22.3 Å². The van der Waals surface area contributed by atoms with Crippen LogP contribution < -0.4 is 5.14 Å². The Hall–Kier alpha value is -1.66. The summed E-state index contributed by atoms with van der Waals surface area (Å²) < 4.78 is 57.8. The number of nitrogens with zero attached hydrogens (tertiary/aromatic N) is 1. The Morgan fingerprint density at radius 3 is 2.22 bits per heavy atom. The minimum atomic E-state index is -4.59. The van der Waals surface area contributed by atoms with Crippen LogP contribution in [0.1, 0.15) is 5.76 Å². The zero-order valence-electron chi connectivity index (χ0n) is 13.2. The topological polar surface area (TPSA) is 106 Å². The van der Waals surface area contributed by atoms with E-state index in [0.717, 1.165) is 16.6 Å². The van der Waals surface area contributed by atoms with E-state index < -0.39 is 33.2 Å². The lowest BCUT2D eigenvalue weighted by atomic mass is 9.99. The SMILES string of the molecule is NS(=O)(=O)c1c(F)cc(-c2c(-c3ccc(Br)c(Br)c3)noc2CO)cc1F. The third-order valence-electron chi connectivity index (χ3n) is 3.67. The Balaban J connectivity index is 2.26. The van der Waals surface area contributed by atoms with Gasteiger partial charge in [0.25, 0.3) is 0 Å². The monoisotopic (exact) mass is 522 g/mol. The number of rotatable bonds is 4. The van der Waals surface area contributed by atoms with Crippen molar-refractivity contribution in [2.24, 2.45) is 5.14 Å². The van der Waals surface area contributed by atoms with E-state index in [-0.39, 0.29) is 22.6 Å². The molecular weight excluding hydrogens is 514 g/mol. The maximum absolute atomic E-state index is 14.3. The summed E-state index contributed by atoms with van der Waals surface area (Å²) in [5.74, 6) is -2.76. The predicted molar refractivity (Wildman–Crippen MR) is 100.0 cm³/mol. The highest BCUT2D eigenvalue weighted by molar-refractivity contribution is 9.13. The summed E-state index contributed by atoms with van der Waals surface area (Å²) in [6.45, 7) is -0.583. The fourth-order valence-corrected chi connectivity index (χ4v) is 3.83. The molecule has 0 saturated heterocycles. The molecule has 0 aliphatic rings. The van der Waals surface area contributed by atoms with Crippen molar-refractivity contribution in [3.8, 4) is 22.4 Å². The lowest BCUT2D eigenvalue weighted by molar-refractivity contribution is 0.230. The molecule has 1 heterocycles. The van der Waals surface area contributed by atoms with Gasteiger partial charge >= 0.3 is 0 Å². The van der Waals surface area contributed by atoms with Crippen LogP contribution in [0.2, 0.25) is 0 Å². The van der Waals surface area contributed by atoms with Gasteiger partial charge in [0.1, 0.15) is 23.9 Å². The van der Waals surface area contributed by atoms with E-state index in [2.05, 4.69) is 37.0 Å². The second-order valence-electron chi connectivity index (χ2n) is 5.43. The Morgan fingerprint density at radius 2 is 1.70 bits per heavy atom. The van der Waals surface area contributed by atoms with E-state index in [4.69, 9.17) is 9.66 Å². The first-order chi connectivity index (χ1) is 12.6. The van der Waals surface area contributed by atoms with Crippen molar-refractivity contribution in [1.29, 1.82) is 0 Å². The smallest absolute Gasteiger partial charge is 0.243 e. The molecule has 3 aromatic rings. The van der Waals surface area contributed by atoms with Crippen molar-refractivity contribution in [2.45, 2.75) is 11.5 Å². The number of halogens is 4. The number of aliphatic hydroxyl groups is 1. The third kappa shape index (κ3) is 3.83. The Labute approximate surface area is 169 Å². The minimum absolute atomic E-state index is 0.0359. The molecule has 2 aromatic carbocycles. The Kier molecular flexibility index (Phi) is 5.50. The van der Waals surface area contributed by atoms with Gasteiger partial charge in [0.2, 0.25) is 10.0 Å². The fraction of sp³-hybridized carbons (Fsp3) is 0.0625. The molecule has 27 heavy (non-hydrogen) atoms. The number of nitrogens with two attached hydrogens (primary N) is 1. The molecule has 0 amide bonds. The van der Waals surface area contributed by atoms with Gasteiger partial charge in [-0.15, -0.1) is 0 Å². The molecule has 6 nitrogen and oxygen atoms in total. The summed E-state index contributed by atoms with van der Waals surface area (Å²) >= 11 is 6.68. The number of aliphatic hydroxyl groups excluding tert-OH is 1. The van der Waals surface area contributed by atoms with Crippen LogP contribution in [0.15, 0.2) is 48.7 Å². The molecule has 0 atom stereocenters. The van der Waals surface area contributed by atoms with Crippen LogP contribution in [-0.2, 0) is 16.6 Å². The van der Waals surface area contributed by atoms with Crippen LogP contribution in [0.25, 0.3) is 22.4 Å². The molecule has 3 N–H and O–H groups in total. The highest BCUT2D eigenvalue weighted by Crippen LogP contribution is 2.38. The quantitative estimate of drug-likeness (QED) is 0.538. The van der Waals surface area contributed by atoms with Crippen LogP contribution in [0.5, 0.6) is 0 Å². The number of aromatic nitrogens is 1. The number of sulfonamides is 1. The lowest BCUT2D eigenvalue weighted by Crippen LogP contribution is -2.16. The summed E-state index contributed by atoms with van der Waals surface area (Å²) in [7, 11) is -4.59. The molecule has 11 heteroatoms. The van der Waals surface area contributed by atoms with Crippen molar-refractivity contribution < 1.29 is 26.8 Å². The summed E-state index contributed by atoms with van der Waals surface area (Å²) in [5, 5.41) is 18.2. The van der Waals surface area contributed by atoms with Crippen LogP contribution in [0.3, 0.4) is 0 Å². The predicted octanol–water partition coefficient (Wildman–Crippen LogP) is 3.95. The normalized spacial score (nSPS) is 11.8. The van der Waals surface area contributed by atoms with E-state index in [1.54, 1.807) is 18.2 Å². The highest BCUT2D eigenvalue weighted by Gasteiger charge is 2.25. The summed E-state index contributed by atoms with van der Waals surface area (Å²) in [4.78, 5) is -1.24. The number of primary sulfonamides is 1. The molecule has 3 rings (SSSR count). The maximum atomic E-state index is 14.3. The molecular formula is C16H10Br2F2N2O4S. The maximum Gasteiger partial charge on any atom is 0.243 e. The molecule has 0 radical (unpaired) electrons. The molecule has 1 aromatic heterocycles. The average Bonchev–Trinajstić information content (AvgIpc) is 2.99. The molecule has 0 aliphatic carbocycles. The van der Waals surface area contributed by atoms with Gasteiger partial charge in [-0.05, 0) is 61.7 Å². The van der Waals surface area contributed by atoms with Gasteiger partial charge in [0.05, 0.1) is 5.56 Å². The molecule has 0 unspecified atom stereocenters. The van der Waals surface area contributed by atoms with Gasteiger partial charge in [0, 0.05) is 14.5 Å². The standard InChI is InChI=1S/C16H10Br2F2N2O4S/c17-9-2-1-7(3-10(9)18)15-14(13(6-23)26-22-15)8-4-11(19)16(12(20)5-8)27(21,24)25/h1-5,23H,6H2,(H2,21,24,25). The van der Waals surface area contributed by atoms with E-state index >= 15 is 0 Å². The first kappa shape index (κ1) is 20.1. The largest absolute Gasteiger partial charge is 0.388 e. The summed E-state index contributed by atoms with van der Waals surface area (Å²) in [6, 6.07) is 6.69. The Morgan fingerprint density at radius 1 is 1.07 bits per heavy atom. The van der Waals surface area contributed by atoms with Crippen LogP contribution in [-0.4, -0.2) is 18.7 Å². The van der Waals surface area contributed by atoms with Crippen molar-refractivity contribution in [3.05, 3.63) is 56.7 Å². The minimum Gasteiger partial charge on any atom is -0.388 e. The highest BCUT2D eigenvalue weighted by atomic mass is 79.9. The van der Waals surface area contributed by atoms with Crippen molar-refractivity contribution in [2.75, 3.05) is 0 Å². The number of benzene rings is 2.